The zero-order valence-corrected chi connectivity index (χ0v) is 9.17. The molecule has 0 aliphatic carbocycles. The molecular weight excluding hydrogens is 222 g/mol. The molecule has 0 unspecified atom stereocenters. The molecule has 0 fully saturated rings. The monoisotopic (exact) mass is 233 g/mol. The Kier molecular flexibility index (Phi) is 2.99. The van der Waals surface area contributed by atoms with E-state index in [0.29, 0.717) is 6.54 Å². The molecule has 2 rings (SSSR count). The first-order valence-corrected chi connectivity index (χ1v) is 5.01. The van der Waals surface area contributed by atoms with E-state index in [2.05, 4.69) is 20.5 Å². The Morgan fingerprint density at radius 2 is 2.29 bits per heavy atom. The van der Waals surface area contributed by atoms with Crippen LogP contribution in [0.2, 0.25) is 0 Å². The minimum absolute atomic E-state index is 0.0323. The molecule has 7 nitrogen and oxygen atoms in total. The predicted molar refractivity (Wildman–Crippen MR) is 61.5 cm³/mol. The van der Waals surface area contributed by atoms with Crippen LogP contribution in [0.3, 0.4) is 0 Å². The Morgan fingerprint density at radius 1 is 1.47 bits per heavy atom. The third kappa shape index (κ3) is 2.57. The lowest BCUT2D eigenvalue weighted by Gasteiger charge is -2.05. The van der Waals surface area contributed by atoms with Crippen molar-refractivity contribution in [2.75, 3.05) is 5.32 Å². The Hall–Kier alpha value is -2.44. The van der Waals surface area contributed by atoms with Gasteiger partial charge in [-0.15, -0.1) is 0 Å². The van der Waals surface area contributed by atoms with Crippen molar-refractivity contribution < 1.29 is 4.92 Å². The largest absolute Gasteiger partial charge is 0.359 e. The molecule has 0 atom stereocenters. The quantitative estimate of drug-likeness (QED) is 0.618. The summed E-state index contributed by atoms with van der Waals surface area (Å²) < 4.78 is 0. The van der Waals surface area contributed by atoms with Gasteiger partial charge in [0.1, 0.15) is 0 Å². The summed E-state index contributed by atoms with van der Waals surface area (Å²) in [5, 5.41) is 20.3. The summed E-state index contributed by atoms with van der Waals surface area (Å²) in [4.78, 5) is 14.4. The van der Waals surface area contributed by atoms with Gasteiger partial charge in [0, 0.05) is 18.0 Å². The van der Waals surface area contributed by atoms with Crippen LogP contribution in [0.5, 0.6) is 0 Å². The van der Waals surface area contributed by atoms with E-state index in [9.17, 15) is 10.1 Å². The summed E-state index contributed by atoms with van der Waals surface area (Å²) in [6.07, 6.45) is 1.62. The molecule has 2 aromatic heterocycles. The van der Waals surface area contributed by atoms with Crippen molar-refractivity contribution in [2.24, 2.45) is 0 Å². The average Bonchev–Trinajstić information content (AvgIpc) is 2.78. The molecule has 0 radical (unpaired) electrons. The molecule has 2 N–H and O–H groups in total. The Balaban J connectivity index is 2.19. The number of H-pyrrole nitrogens is 1. The first kappa shape index (κ1) is 11.1. The SMILES string of the molecule is Cc1ccc([N+](=O)[O-])c(NCc2ccn[nH]2)n1. The second kappa shape index (κ2) is 4.60. The summed E-state index contributed by atoms with van der Waals surface area (Å²) in [5.74, 6) is 0.268. The molecule has 0 bridgehead atoms. The number of nitrogens with zero attached hydrogens (tertiary/aromatic N) is 3. The third-order valence-corrected chi connectivity index (χ3v) is 2.21. The van der Waals surface area contributed by atoms with Crippen LogP contribution in [-0.4, -0.2) is 20.1 Å². The van der Waals surface area contributed by atoms with E-state index in [1.165, 1.54) is 6.07 Å². The predicted octanol–water partition coefficient (Wildman–Crippen LogP) is 1.63. The van der Waals surface area contributed by atoms with Gasteiger partial charge in [0.05, 0.1) is 17.2 Å². The van der Waals surface area contributed by atoms with Crippen molar-refractivity contribution >= 4 is 11.5 Å². The fourth-order valence-corrected chi connectivity index (χ4v) is 1.39. The highest BCUT2D eigenvalue weighted by atomic mass is 16.6. The van der Waals surface area contributed by atoms with Gasteiger partial charge in [-0.05, 0) is 19.1 Å². The maximum absolute atomic E-state index is 10.8. The number of aromatic nitrogens is 3. The van der Waals surface area contributed by atoms with Crippen molar-refractivity contribution in [2.45, 2.75) is 13.5 Å². The number of aromatic amines is 1. The number of rotatable bonds is 4. The van der Waals surface area contributed by atoms with E-state index in [0.717, 1.165) is 11.4 Å². The standard InChI is InChI=1S/C10H11N5O2/c1-7-2-3-9(15(16)17)10(13-7)11-6-8-4-5-12-14-8/h2-5H,6H2,1H3,(H,11,13)(H,12,14). The lowest BCUT2D eigenvalue weighted by molar-refractivity contribution is -0.384. The van der Waals surface area contributed by atoms with Gasteiger partial charge in [0.15, 0.2) is 0 Å². The van der Waals surface area contributed by atoms with E-state index in [-0.39, 0.29) is 11.5 Å². The zero-order chi connectivity index (χ0) is 12.3. The van der Waals surface area contributed by atoms with Crippen LogP contribution in [0.1, 0.15) is 11.4 Å². The minimum Gasteiger partial charge on any atom is -0.359 e. The highest BCUT2D eigenvalue weighted by molar-refractivity contribution is 5.56. The van der Waals surface area contributed by atoms with Gasteiger partial charge in [0.25, 0.3) is 0 Å². The fourth-order valence-electron chi connectivity index (χ4n) is 1.39. The van der Waals surface area contributed by atoms with E-state index < -0.39 is 4.92 Å². The lowest BCUT2D eigenvalue weighted by atomic mass is 10.3. The maximum Gasteiger partial charge on any atom is 0.311 e. The maximum atomic E-state index is 10.8. The minimum atomic E-state index is -0.457. The van der Waals surface area contributed by atoms with Crippen molar-refractivity contribution in [3.8, 4) is 0 Å². The van der Waals surface area contributed by atoms with Crippen molar-refractivity contribution in [1.29, 1.82) is 0 Å². The van der Waals surface area contributed by atoms with Crippen molar-refractivity contribution in [3.05, 3.63) is 45.9 Å². The van der Waals surface area contributed by atoms with Gasteiger partial charge >= 0.3 is 5.69 Å². The van der Waals surface area contributed by atoms with Gasteiger partial charge in [-0.1, -0.05) is 0 Å². The molecule has 0 aromatic carbocycles. The number of aryl methyl sites for hydroxylation is 1. The molecule has 0 amide bonds. The lowest BCUT2D eigenvalue weighted by Crippen LogP contribution is -2.05. The number of hydrogen-bond acceptors (Lipinski definition) is 5. The van der Waals surface area contributed by atoms with E-state index in [1.54, 1.807) is 25.3 Å². The normalized spacial score (nSPS) is 10.2. The first-order chi connectivity index (χ1) is 8.16. The fraction of sp³-hybridized carbons (Fsp3) is 0.200. The van der Waals surface area contributed by atoms with Gasteiger partial charge in [-0.25, -0.2) is 4.98 Å². The van der Waals surface area contributed by atoms with Crippen molar-refractivity contribution in [3.63, 3.8) is 0 Å². The number of nitro groups is 1. The Bertz CT molecular complexity index is 523. The van der Waals surface area contributed by atoms with Crippen LogP contribution < -0.4 is 5.32 Å². The average molecular weight is 233 g/mol. The molecule has 0 aliphatic heterocycles. The van der Waals surface area contributed by atoms with E-state index in [4.69, 9.17) is 0 Å². The summed E-state index contributed by atoms with van der Waals surface area (Å²) in [5.41, 5.74) is 1.53. The molecule has 0 spiro atoms. The van der Waals surface area contributed by atoms with E-state index in [1.807, 2.05) is 0 Å². The summed E-state index contributed by atoms with van der Waals surface area (Å²) in [6.45, 7) is 2.20. The van der Waals surface area contributed by atoms with Crippen LogP contribution in [-0.2, 0) is 6.54 Å². The van der Waals surface area contributed by atoms with Crippen LogP contribution >= 0.6 is 0 Å². The molecule has 17 heavy (non-hydrogen) atoms. The summed E-state index contributed by atoms with van der Waals surface area (Å²) in [7, 11) is 0. The molecule has 2 heterocycles. The number of nitrogens with one attached hydrogen (secondary N) is 2. The number of hydrogen-bond donors (Lipinski definition) is 2. The van der Waals surface area contributed by atoms with Gasteiger partial charge in [0.2, 0.25) is 5.82 Å². The number of pyridine rings is 1. The summed E-state index contributed by atoms with van der Waals surface area (Å²) in [6, 6.07) is 4.84. The van der Waals surface area contributed by atoms with Crippen LogP contribution in [0.25, 0.3) is 0 Å². The summed E-state index contributed by atoms with van der Waals surface area (Å²) >= 11 is 0. The van der Waals surface area contributed by atoms with Crippen molar-refractivity contribution in [1.82, 2.24) is 15.2 Å². The van der Waals surface area contributed by atoms with Crippen LogP contribution in [0.15, 0.2) is 24.4 Å². The smallest absolute Gasteiger partial charge is 0.311 e. The Morgan fingerprint density at radius 3 is 2.94 bits per heavy atom. The Labute approximate surface area is 97.0 Å². The molecule has 88 valence electrons. The van der Waals surface area contributed by atoms with Crippen LogP contribution in [0, 0.1) is 17.0 Å². The van der Waals surface area contributed by atoms with Gasteiger partial charge < -0.3 is 5.32 Å². The molecule has 2 aromatic rings. The molecule has 0 saturated carbocycles. The molecule has 0 saturated heterocycles. The van der Waals surface area contributed by atoms with Gasteiger partial charge in [-0.3, -0.25) is 15.2 Å². The van der Waals surface area contributed by atoms with Gasteiger partial charge in [-0.2, -0.15) is 5.10 Å². The first-order valence-electron chi connectivity index (χ1n) is 5.01. The third-order valence-electron chi connectivity index (χ3n) is 2.21. The highest BCUT2D eigenvalue weighted by Crippen LogP contribution is 2.22. The second-order valence-electron chi connectivity index (χ2n) is 3.51. The van der Waals surface area contributed by atoms with Crippen LogP contribution in [0.4, 0.5) is 11.5 Å². The molecular formula is C10H11N5O2. The topological polar surface area (TPSA) is 96.7 Å². The second-order valence-corrected chi connectivity index (χ2v) is 3.51. The zero-order valence-electron chi connectivity index (χ0n) is 9.17. The molecule has 7 heteroatoms. The molecule has 0 aliphatic rings. The highest BCUT2D eigenvalue weighted by Gasteiger charge is 2.14. The number of anilines is 1. The van der Waals surface area contributed by atoms with E-state index >= 15 is 0 Å².